The summed E-state index contributed by atoms with van der Waals surface area (Å²) in [6, 6.07) is 26.1. The van der Waals surface area contributed by atoms with Crippen LogP contribution in [0.3, 0.4) is 0 Å². The zero-order valence-corrected chi connectivity index (χ0v) is 16.6. The van der Waals surface area contributed by atoms with Crippen molar-refractivity contribution in [1.82, 2.24) is 4.40 Å². The topological polar surface area (TPSA) is 34.6 Å². The number of ether oxygens (including phenoxy) is 1. The van der Waals surface area contributed by atoms with Crippen molar-refractivity contribution in [3.8, 4) is 0 Å². The van der Waals surface area contributed by atoms with E-state index in [2.05, 4.69) is 15.0 Å². The normalized spacial score (nSPS) is 17.7. The van der Waals surface area contributed by atoms with Gasteiger partial charge in [0, 0.05) is 12.5 Å². The highest BCUT2D eigenvalue weighted by Crippen LogP contribution is 2.43. The van der Waals surface area contributed by atoms with Crippen molar-refractivity contribution in [3.05, 3.63) is 109 Å². The number of benzene rings is 2. The van der Waals surface area contributed by atoms with E-state index in [9.17, 15) is 4.79 Å². The van der Waals surface area contributed by atoms with Crippen molar-refractivity contribution in [2.75, 3.05) is 0 Å². The molecule has 1 fully saturated rings. The molecule has 29 heavy (non-hydrogen) atoms. The molecule has 1 aliphatic heterocycles. The van der Waals surface area contributed by atoms with Crippen molar-refractivity contribution in [1.29, 1.82) is 0 Å². The largest absolute Gasteiger partial charge is 1.00 e. The number of fused-ring (bicyclic) bond motifs is 1. The fourth-order valence-corrected chi connectivity index (χ4v) is 4.32. The Labute approximate surface area is 175 Å². The molecule has 5 heteroatoms. The fraction of sp³-hybridized carbons (Fsp3) is 0.167. The Morgan fingerprint density at radius 3 is 2.17 bits per heavy atom. The predicted molar refractivity (Wildman–Crippen MR) is 106 cm³/mol. The van der Waals surface area contributed by atoms with Crippen LogP contribution in [-0.2, 0) is 21.5 Å². The molecule has 4 nitrogen and oxygen atoms in total. The number of carbonyl (C=O) groups is 1. The summed E-state index contributed by atoms with van der Waals surface area (Å²) in [5, 5.41) is 0. The highest BCUT2D eigenvalue weighted by atomic mass is 35.5. The number of cyclic esters (lactones) is 1. The van der Waals surface area contributed by atoms with Gasteiger partial charge in [-0.15, -0.1) is 0 Å². The van der Waals surface area contributed by atoms with Crippen LogP contribution >= 0.6 is 0 Å². The van der Waals surface area contributed by atoms with Crippen LogP contribution in [0.15, 0.2) is 97.5 Å². The van der Waals surface area contributed by atoms with E-state index in [4.69, 9.17) is 4.74 Å². The smallest absolute Gasteiger partial charge is 0.321 e. The second kappa shape index (κ2) is 7.72. The summed E-state index contributed by atoms with van der Waals surface area (Å²) in [6.45, 7) is 0.633. The minimum absolute atomic E-state index is 0. The van der Waals surface area contributed by atoms with Crippen LogP contribution in [0.1, 0.15) is 17.5 Å². The lowest BCUT2D eigenvalue weighted by Gasteiger charge is -2.26. The lowest BCUT2D eigenvalue weighted by atomic mass is 9.72. The van der Waals surface area contributed by atoms with Crippen LogP contribution in [0.4, 0.5) is 0 Å². The standard InChI is InChI=1S/C24H21N2O2.ClH/c27-23-24(19-9-3-1-4-10-19,20-11-5-2-6-12-20)17-21(28-23)18-26-16-15-25-14-8-7-13-22(25)26;/h1-16,21H,17-18H2;1H/q+1;/p-1. The van der Waals surface area contributed by atoms with Crippen LogP contribution < -0.4 is 17.0 Å². The molecule has 2 aromatic carbocycles. The monoisotopic (exact) mass is 404 g/mol. The molecule has 1 saturated heterocycles. The number of nitrogens with zero attached hydrogens (tertiary/aromatic N) is 2. The molecule has 0 aliphatic carbocycles. The van der Waals surface area contributed by atoms with Gasteiger partial charge in [0.2, 0.25) is 0 Å². The first-order chi connectivity index (χ1) is 13.8. The SMILES string of the molecule is O=C1OC(C[n+]2ccn3ccccc32)CC1(c1ccccc1)c1ccccc1.[Cl-]. The third-order valence-electron chi connectivity index (χ3n) is 5.66. The molecule has 1 unspecified atom stereocenters. The second-order valence-electron chi connectivity index (χ2n) is 7.29. The van der Waals surface area contributed by atoms with E-state index < -0.39 is 5.41 Å². The molecule has 146 valence electrons. The summed E-state index contributed by atoms with van der Waals surface area (Å²) < 4.78 is 10.2. The van der Waals surface area contributed by atoms with Crippen LogP contribution in [-0.4, -0.2) is 16.5 Å². The number of rotatable bonds is 4. The molecule has 4 aromatic rings. The van der Waals surface area contributed by atoms with E-state index >= 15 is 0 Å². The van der Waals surface area contributed by atoms with Crippen molar-refractivity contribution < 1.29 is 26.5 Å². The van der Waals surface area contributed by atoms with Gasteiger partial charge >= 0.3 is 5.97 Å². The zero-order valence-electron chi connectivity index (χ0n) is 15.8. The molecule has 0 bridgehead atoms. The first kappa shape index (κ1) is 19.2. The van der Waals surface area contributed by atoms with E-state index in [0.717, 1.165) is 16.8 Å². The molecule has 0 spiro atoms. The maximum absolute atomic E-state index is 13.3. The minimum Gasteiger partial charge on any atom is -1.00 e. The number of halogens is 1. The quantitative estimate of drug-likeness (QED) is 0.367. The van der Waals surface area contributed by atoms with Crippen LogP contribution in [0, 0.1) is 0 Å². The Bertz CT molecular complexity index is 1090. The summed E-state index contributed by atoms with van der Waals surface area (Å²) >= 11 is 0. The summed E-state index contributed by atoms with van der Waals surface area (Å²) in [6.07, 6.45) is 6.51. The lowest BCUT2D eigenvalue weighted by molar-refractivity contribution is -0.677. The molecular weight excluding hydrogens is 384 g/mol. The number of hydrogen-bond acceptors (Lipinski definition) is 2. The minimum atomic E-state index is -0.761. The maximum atomic E-state index is 13.3. The third-order valence-corrected chi connectivity index (χ3v) is 5.66. The maximum Gasteiger partial charge on any atom is 0.321 e. The van der Waals surface area contributed by atoms with E-state index in [1.165, 1.54) is 0 Å². The highest BCUT2D eigenvalue weighted by Gasteiger charge is 2.52. The molecule has 1 aliphatic rings. The second-order valence-corrected chi connectivity index (χ2v) is 7.29. The number of esters is 1. The molecule has 0 radical (unpaired) electrons. The molecule has 0 amide bonds. The molecule has 0 N–H and O–H groups in total. The molecule has 3 heterocycles. The highest BCUT2D eigenvalue weighted by molar-refractivity contribution is 5.89. The van der Waals surface area contributed by atoms with E-state index in [0.29, 0.717) is 13.0 Å². The third kappa shape index (κ3) is 3.19. The molecule has 2 aromatic heterocycles. The van der Waals surface area contributed by atoms with E-state index in [1.807, 2.05) is 91.4 Å². The Morgan fingerprint density at radius 1 is 0.897 bits per heavy atom. The first-order valence-electron chi connectivity index (χ1n) is 9.55. The van der Waals surface area contributed by atoms with Gasteiger partial charge in [-0.1, -0.05) is 66.7 Å². The van der Waals surface area contributed by atoms with Crippen molar-refractivity contribution in [2.24, 2.45) is 0 Å². The molecule has 5 rings (SSSR count). The number of aromatic nitrogens is 2. The van der Waals surface area contributed by atoms with Crippen molar-refractivity contribution in [2.45, 2.75) is 24.5 Å². The van der Waals surface area contributed by atoms with Gasteiger partial charge in [0.15, 0.2) is 0 Å². The van der Waals surface area contributed by atoms with E-state index in [1.54, 1.807) is 0 Å². The van der Waals surface area contributed by atoms with Gasteiger partial charge in [0.25, 0.3) is 5.65 Å². The zero-order chi connectivity index (χ0) is 19.0. The van der Waals surface area contributed by atoms with Gasteiger partial charge in [0.05, 0.1) is 6.20 Å². The predicted octanol–water partition coefficient (Wildman–Crippen LogP) is 0.533. The average molecular weight is 405 g/mol. The van der Waals surface area contributed by atoms with Crippen molar-refractivity contribution >= 4 is 11.6 Å². The first-order valence-corrected chi connectivity index (χ1v) is 9.55. The Balaban J connectivity index is 0.00000205. The van der Waals surface area contributed by atoms with Gasteiger partial charge in [0.1, 0.15) is 30.5 Å². The van der Waals surface area contributed by atoms with E-state index in [-0.39, 0.29) is 24.5 Å². The Morgan fingerprint density at radius 2 is 1.52 bits per heavy atom. The number of carbonyl (C=O) groups excluding carboxylic acids is 1. The van der Waals surface area contributed by atoms with Crippen LogP contribution in [0.2, 0.25) is 0 Å². The fourth-order valence-electron chi connectivity index (χ4n) is 4.32. The Kier molecular flexibility index (Phi) is 5.12. The summed E-state index contributed by atoms with van der Waals surface area (Å²) in [4.78, 5) is 13.3. The van der Waals surface area contributed by atoms with Gasteiger partial charge < -0.3 is 17.1 Å². The van der Waals surface area contributed by atoms with Gasteiger partial charge in [-0.3, -0.25) is 4.79 Å². The molecular formula is C24H21ClN2O2. The molecule has 1 atom stereocenters. The summed E-state index contributed by atoms with van der Waals surface area (Å²) in [5.74, 6) is -0.168. The van der Waals surface area contributed by atoms with Crippen LogP contribution in [0.5, 0.6) is 0 Å². The summed E-state index contributed by atoms with van der Waals surface area (Å²) in [5.41, 5.74) is 2.29. The number of imidazole rings is 1. The lowest BCUT2D eigenvalue weighted by Crippen LogP contribution is -3.00. The summed E-state index contributed by atoms with van der Waals surface area (Å²) in [7, 11) is 0. The van der Waals surface area contributed by atoms with Gasteiger partial charge in [-0.25, -0.2) is 8.97 Å². The van der Waals surface area contributed by atoms with Crippen LogP contribution in [0.25, 0.3) is 5.65 Å². The number of pyridine rings is 1. The Hall–Kier alpha value is -3.11. The number of hydrogen-bond donors (Lipinski definition) is 0. The molecule has 0 saturated carbocycles. The van der Waals surface area contributed by atoms with Gasteiger partial charge in [-0.2, -0.15) is 0 Å². The van der Waals surface area contributed by atoms with Crippen molar-refractivity contribution in [3.63, 3.8) is 0 Å². The average Bonchev–Trinajstić information content (AvgIpc) is 3.31. The van der Waals surface area contributed by atoms with Gasteiger partial charge in [-0.05, 0) is 17.2 Å².